The van der Waals surface area contributed by atoms with E-state index < -0.39 is 11.9 Å². The third-order valence-corrected chi connectivity index (χ3v) is 4.75. The van der Waals surface area contributed by atoms with Gasteiger partial charge >= 0.3 is 11.9 Å². The number of hydrogen-bond acceptors (Lipinski definition) is 6. The standard InChI is InChI=1S/C23H18N2O5/c1-29-22(27)19-20(16-9-8-15-13-18(26)11-10-14(15)12-16)24-25(21(19)23(28)30-2)17-6-4-3-5-7-17/h3-13,26H,1-2H3. The molecule has 4 aromatic rings. The minimum atomic E-state index is -0.705. The van der Waals surface area contributed by atoms with Crippen LogP contribution in [0.5, 0.6) is 5.75 Å². The third kappa shape index (κ3) is 3.26. The Hall–Kier alpha value is -4.13. The number of methoxy groups -OCH3 is 2. The van der Waals surface area contributed by atoms with Crippen LogP contribution in [-0.4, -0.2) is 41.0 Å². The first-order chi connectivity index (χ1) is 14.5. The van der Waals surface area contributed by atoms with E-state index in [1.165, 1.54) is 18.9 Å². The number of phenolic OH excluding ortho intramolecular Hbond substituents is 1. The zero-order valence-corrected chi connectivity index (χ0v) is 16.3. The van der Waals surface area contributed by atoms with Gasteiger partial charge in [-0.2, -0.15) is 5.10 Å². The fourth-order valence-corrected chi connectivity index (χ4v) is 3.34. The molecule has 0 spiro atoms. The molecular formula is C23H18N2O5. The largest absolute Gasteiger partial charge is 0.508 e. The van der Waals surface area contributed by atoms with Crippen molar-refractivity contribution in [2.75, 3.05) is 14.2 Å². The lowest BCUT2D eigenvalue weighted by atomic mass is 10.0. The maximum Gasteiger partial charge on any atom is 0.357 e. The van der Waals surface area contributed by atoms with Gasteiger partial charge in [0.25, 0.3) is 0 Å². The summed E-state index contributed by atoms with van der Waals surface area (Å²) >= 11 is 0. The number of benzene rings is 3. The maximum absolute atomic E-state index is 12.7. The number of carbonyl (C=O) groups is 2. The molecule has 0 bridgehead atoms. The Balaban J connectivity index is 2.02. The molecule has 30 heavy (non-hydrogen) atoms. The summed E-state index contributed by atoms with van der Waals surface area (Å²) in [5.74, 6) is -1.24. The monoisotopic (exact) mass is 402 g/mol. The van der Waals surface area contributed by atoms with Crippen molar-refractivity contribution in [2.45, 2.75) is 0 Å². The molecule has 3 aromatic carbocycles. The van der Waals surface area contributed by atoms with E-state index >= 15 is 0 Å². The summed E-state index contributed by atoms with van der Waals surface area (Å²) in [5, 5.41) is 15.9. The summed E-state index contributed by atoms with van der Waals surface area (Å²) in [6, 6.07) is 19.4. The summed E-state index contributed by atoms with van der Waals surface area (Å²) < 4.78 is 11.3. The number of hydrogen-bond donors (Lipinski definition) is 1. The van der Waals surface area contributed by atoms with Crippen molar-refractivity contribution in [3.05, 3.63) is 78.0 Å². The molecule has 150 valence electrons. The average molecular weight is 402 g/mol. The van der Waals surface area contributed by atoms with Crippen molar-refractivity contribution in [1.29, 1.82) is 0 Å². The molecule has 0 aliphatic rings. The van der Waals surface area contributed by atoms with Crippen LogP contribution in [0.2, 0.25) is 0 Å². The molecule has 1 heterocycles. The van der Waals surface area contributed by atoms with Gasteiger partial charge in [-0.05, 0) is 41.1 Å². The van der Waals surface area contributed by atoms with E-state index in [0.717, 1.165) is 10.8 Å². The predicted octanol–water partition coefficient (Wildman–Crippen LogP) is 3.97. The lowest BCUT2D eigenvalue weighted by molar-refractivity contribution is 0.0549. The van der Waals surface area contributed by atoms with E-state index in [4.69, 9.17) is 9.47 Å². The molecule has 0 atom stereocenters. The fraction of sp³-hybridized carbons (Fsp3) is 0.0870. The number of nitrogens with zero attached hydrogens (tertiary/aromatic N) is 2. The number of esters is 2. The highest BCUT2D eigenvalue weighted by molar-refractivity contribution is 6.07. The fourth-order valence-electron chi connectivity index (χ4n) is 3.34. The lowest BCUT2D eigenvalue weighted by Gasteiger charge is -2.07. The number of fused-ring (bicyclic) bond motifs is 1. The van der Waals surface area contributed by atoms with Gasteiger partial charge in [0, 0.05) is 5.56 Å². The molecule has 0 saturated heterocycles. The smallest absolute Gasteiger partial charge is 0.357 e. The Morgan fingerprint density at radius 3 is 2.23 bits per heavy atom. The van der Waals surface area contributed by atoms with Crippen LogP contribution in [-0.2, 0) is 9.47 Å². The quantitative estimate of drug-likeness (QED) is 0.520. The third-order valence-electron chi connectivity index (χ3n) is 4.75. The van der Waals surface area contributed by atoms with Gasteiger partial charge in [0.1, 0.15) is 17.0 Å². The molecule has 0 fully saturated rings. The second kappa shape index (κ2) is 7.71. The second-order valence-corrected chi connectivity index (χ2v) is 6.55. The molecule has 0 aliphatic carbocycles. The molecule has 0 unspecified atom stereocenters. The highest BCUT2D eigenvalue weighted by atomic mass is 16.5. The highest BCUT2D eigenvalue weighted by Gasteiger charge is 2.31. The molecular weight excluding hydrogens is 384 g/mol. The van der Waals surface area contributed by atoms with Crippen molar-refractivity contribution < 1.29 is 24.2 Å². The number of para-hydroxylation sites is 1. The molecule has 0 saturated carbocycles. The van der Waals surface area contributed by atoms with Gasteiger partial charge in [-0.15, -0.1) is 0 Å². The molecule has 0 amide bonds. The normalized spacial score (nSPS) is 10.7. The van der Waals surface area contributed by atoms with E-state index in [9.17, 15) is 14.7 Å². The van der Waals surface area contributed by atoms with Crippen molar-refractivity contribution in [1.82, 2.24) is 9.78 Å². The van der Waals surface area contributed by atoms with Crippen LogP contribution in [0, 0.1) is 0 Å². The van der Waals surface area contributed by atoms with Crippen molar-refractivity contribution >= 4 is 22.7 Å². The van der Waals surface area contributed by atoms with Gasteiger partial charge in [-0.25, -0.2) is 14.3 Å². The van der Waals surface area contributed by atoms with Gasteiger partial charge in [-0.1, -0.05) is 36.4 Å². The first-order valence-corrected chi connectivity index (χ1v) is 9.11. The molecule has 0 radical (unpaired) electrons. The number of aromatic nitrogens is 2. The van der Waals surface area contributed by atoms with E-state index in [0.29, 0.717) is 16.9 Å². The van der Waals surface area contributed by atoms with E-state index in [1.807, 2.05) is 18.2 Å². The summed E-state index contributed by atoms with van der Waals surface area (Å²) in [4.78, 5) is 25.3. The summed E-state index contributed by atoms with van der Waals surface area (Å²) in [5.41, 5.74) is 1.51. The van der Waals surface area contributed by atoms with Crippen molar-refractivity contribution in [3.8, 4) is 22.7 Å². The Kier molecular flexibility index (Phi) is 4.93. The average Bonchev–Trinajstić information content (AvgIpc) is 3.19. The summed E-state index contributed by atoms with van der Waals surface area (Å²) in [6.07, 6.45) is 0. The molecule has 1 aromatic heterocycles. The first kappa shape index (κ1) is 19.2. The van der Waals surface area contributed by atoms with Crippen LogP contribution in [0.1, 0.15) is 20.8 Å². The second-order valence-electron chi connectivity index (χ2n) is 6.55. The molecule has 7 nitrogen and oxygen atoms in total. The number of aromatic hydroxyl groups is 1. The Morgan fingerprint density at radius 2 is 1.53 bits per heavy atom. The molecule has 4 rings (SSSR count). The van der Waals surface area contributed by atoms with Crippen LogP contribution in [0.4, 0.5) is 0 Å². The Bertz CT molecular complexity index is 1260. The molecule has 0 aliphatic heterocycles. The number of rotatable bonds is 4. The number of carbonyl (C=O) groups excluding carboxylic acids is 2. The number of phenols is 1. The molecule has 1 N–H and O–H groups in total. The summed E-state index contributed by atoms with van der Waals surface area (Å²) in [6.45, 7) is 0. The number of ether oxygens (including phenoxy) is 2. The van der Waals surface area contributed by atoms with E-state index in [-0.39, 0.29) is 17.0 Å². The topological polar surface area (TPSA) is 90.6 Å². The lowest BCUT2D eigenvalue weighted by Crippen LogP contribution is -2.15. The van der Waals surface area contributed by atoms with Gasteiger partial charge in [0.05, 0.1) is 19.9 Å². The van der Waals surface area contributed by atoms with Gasteiger partial charge < -0.3 is 14.6 Å². The van der Waals surface area contributed by atoms with E-state index in [2.05, 4.69) is 5.10 Å². The zero-order chi connectivity index (χ0) is 21.3. The van der Waals surface area contributed by atoms with Gasteiger partial charge in [-0.3, -0.25) is 0 Å². The van der Waals surface area contributed by atoms with Crippen LogP contribution >= 0.6 is 0 Å². The summed E-state index contributed by atoms with van der Waals surface area (Å²) in [7, 11) is 2.49. The van der Waals surface area contributed by atoms with Crippen LogP contribution in [0.15, 0.2) is 66.7 Å². The van der Waals surface area contributed by atoms with Crippen LogP contribution < -0.4 is 0 Å². The first-order valence-electron chi connectivity index (χ1n) is 9.11. The van der Waals surface area contributed by atoms with Gasteiger partial charge in [0.2, 0.25) is 0 Å². The maximum atomic E-state index is 12.7. The van der Waals surface area contributed by atoms with Crippen molar-refractivity contribution in [2.24, 2.45) is 0 Å². The highest BCUT2D eigenvalue weighted by Crippen LogP contribution is 2.32. The SMILES string of the molecule is COC(=O)c1c(-c2ccc3cc(O)ccc3c2)nn(-c2ccccc2)c1C(=O)OC. The predicted molar refractivity (Wildman–Crippen MR) is 111 cm³/mol. The minimum absolute atomic E-state index is 0.0173. The van der Waals surface area contributed by atoms with Crippen LogP contribution in [0.3, 0.4) is 0 Å². The van der Waals surface area contributed by atoms with Crippen molar-refractivity contribution in [3.63, 3.8) is 0 Å². The minimum Gasteiger partial charge on any atom is -0.508 e. The van der Waals surface area contributed by atoms with Crippen LogP contribution in [0.25, 0.3) is 27.7 Å². The Labute approximate surface area is 172 Å². The molecule has 7 heteroatoms. The zero-order valence-electron chi connectivity index (χ0n) is 16.3. The van der Waals surface area contributed by atoms with E-state index in [1.54, 1.807) is 48.5 Å². The Morgan fingerprint density at radius 1 is 0.867 bits per heavy atom. The van der Waals surface area contributed by atoms with Gasteiger partial charge in [0.15, 0.2) is 5.69 Å².